The zero-order chi connectivity index (χ0) is 9.68. The van der Waals surface area contributed by atoms with Gasteiger partial charge in [0.05, 0.1) is 6.04 Å². The molecule has 0 saturated heterocycles. The fourth-order valence-electron chi connectivity index (χ4n) is 1.51. The van der Waals surface area contributed by atoms with E-state index in [0.29, 0.717) is 0 Å². The van der Waals surface area contributed by atoms with Crippen LogP contribution < -0.4 is 11.1 Å². The van der Waals surface area contributed by atoms with Gasteiger partial charge in [-0.2, -0.15) is 0 Å². The minimum Gasteiger partial charge on any atom is -0.465 e. The van der Waals surface area contributed by atoms with E-state index in [1.54, 1.807) is 0 Å². The monoisotopic (exact) mass is 184 g/mol. The Bertz CT molecular complexity index is 204. The molecule has 4 nitrogen and oxygen atoms in total. The minimum absolute atomic E-state index is 0.0901. The molecule has 1 rings (SSSR count). The zero-order valence-corrected chi connectivity index (χ0v) is 7.57. The van der Waals surface area contributed by atoms with Gasteiger partial charge in [0.1, 0.15) is 0 Å². The summed E-state index contributed by atoms with van der Waals surface area (Å²) < 4.78 is 0. The SMILES string of the molecule is NC1CCCCC=CC1NC(=O)O. The van der Waals surface area contributed by atoms with Gasteiger partial charge in [-0.3, -0.25) is 0 Å². The Morgan fingerprint density at radius 3 is 3.00 bits per heavy atom. The molecule has 74 valence electrons. The summed E-state index contributed by atoms with van der Waals surface area (Å²) in [6.45, 7) is 0. The van der Waals surface area contributed by atoms with Crippen LogP contribution in [0, 0.1) is 0 Å². The molecule has 2 unspecified atom stereocenters. The summed E-state index contributed by atoms with van der Waals surface area (Å²) in [5.41, 5.74) is 5.82. The Balaban J connectivity index is 2.54. The third-order valence-corrected chi connectivity index (χ3v) is 2.25. The topological polar surface area (TPSA) is 75.3 Å². The lowest BCUT2D eigenvalue weighted by Gasteiger charge is -2.22. The lowest BCUT2D eigenvalue weighted by atomic mass is 9.98. The third kappa shape index (κ3) is 3.46. The van der Waals surface area contributed by atoms with Crippen LogP contribution in [-0.4, -0.2) is 23.3 Å². The van der Waals surface area contributed by atoms with Crippen LogP contribution in [0.25, 0.3) is 0 Å². The molecular formula is C9H16N2O2. The third-order valence-electron chi connectivity index (χ3n) is 2.25. The van der Waals surface area contributed by atoms with Crippen LogP contribution in [0.4, 0.5) is 4.79 Å². The maximum absolute atomic E-state index is 10.4. The van der Waals surface area contributed by atoms with Crippen molar-refractivity contribution >= 4 is 6.09 Å². The normalized spacial score (nSPS) is 29.0. The van der Waals surface area contributed by atoms with Crippen molar-refractivity contribution in [3.8, 4) is 0 Å². The molecule has 0 aromatic heterocycles. The van der Waals surface area contributed by atoms with Crippen molar-refractivity contribution in [1.29, 1.82) is 0 Å². The second kappa shape index (κ2) is 4.87. The van der Waals surface area contributed by atoms with Crippen LogP contribution in [0.15, 0.2) is 12.2 Å². The van der Waals surface area contributed by atoms with E-state index in [9.17, 15) is 4.79 Å². The van der Waals surface area contributed by atoms with E-state index in [4.69, 9.17) is 10.8 Å². The van der Waals surface area contributed by atoms with Crippen LogP contribution in [0.3, 0.4) is 0 Å². The number of hydrogen-bond donors (Lipinski definition) is 3. The van der Waals surface area contributed by atoms with E-state index in [-0.39, 0.29) is 12.1 Å². The van der Waals surface area contributed by atoms with Gasteiger partial charge in [0.15, 0.2) is 0 Å². The summed E-state index contributed by atoms with van der Waals surface area (Å²) >= 11 is 0. The van der Waals surface area contributed by atoms with Gasteiger partial charge in [-0.1, -0.05) is 18.6 Å². The number of nitrogens with one attached hydrogen (secondary N) is 1. The molecule has 1 aliphatic carbocycles. The van der Waals surface area contributed by atoms with Crippen molar-refractivity contribution in [3.05, 3.63) is 12.2 Å². The molecule has 1 amide bonds. The lowest BCUT2D eigenvalue weighted by Crippen LogP contribution is -2.46. The van der Waals surface area contributed by atoms with Gasteiger partial charge in [0, 0.05) is 6.04 Å². The molecule has 4 N–H and O–H groups in total. The highest BCUT2D eigenvalue weighted by Crippen LogP contribution is 2.10. The highest BCUT2D eigenvalue weighted by atomic mass is 16.4. The Labute approximate surface area is 77.8 Å². The van der Waals surface area contributed by atoms with Gasteiger partial charge in [-0.25, -0.2) is 4.79 Å². The molecule has 2 atom stereocenters. The zero-order valence-electron chi connectivity index (χ0n) is 7.57. The molecule has 0 aromatic carbocycles. The summed E-state index contributed by atoms with van der Waals surface area (Å²) in [6.07, 6.45) is 6.97. The van der Waals surface area contributed by atoms with Crippen molar-refractivity contribution in [2.45, 2.75) is 37.8 Å². The first-order valence-corrected chi connectivity index (χ1v) is 4.62. The average Bonchev–Trinajstić information content (AvgIpc) is 2.04. The summed E-state index contributed by atoms with van der Waals surface area (Å²) in [5, 5.41) is 10.9. The average molecular weight is 184 g/mol. The molecule has 0 bridgehead atoms. The quantitative estimate of drug-likeness (QED) is 0.534. The highest BCUT2D eigenvalue weighted by molar-refractivity contribution is 5.65. The van der Waals surface area contributed by atoms with Crippen molar-refractivity contribution in [2.24, 2.45) is 5.73 Å². The maximum Gasteiger partial charge on any atom is 0.405 e. The van der Waals surface area contributed by atoms with E-state index in [2.05, 4.69) is 5.32 Å². The maximum atomic E-state index is 10.4. The second-order valence-corrected chi connectivity index (χ2v) is 3.35. The number of nitrogens with two attached hydrogens (primary N) is 1. The Morgan fingerprint density at radius 1 is 1.54 bits per heavy atom. The standard InChI is InChI=1S/C9H16N2O2/c10-7-5-3-1-2-4-6-8(7)11-9(12)13/h4,6-8,11H,1-3,5,10H2,(H,12,13). The van der Waals surface area contributed by atoms with Gasteiger partial charge in [0.2, 0.25) is 0 Å². The molecule has 0 heterocycles. The van der Waals surface area contributed by atoms with E-state index in [0.717, 1.165) is 25.7 Å². The molecular weight excluding hydrogens is 168 g/mol. The van der Waals surface area contributed by atoms with Gasteiger partial charge < -0.3 is 16.2 Å². The smallest absolute Gasteiger partial charge is 0.405 e. The number of carboxylic acid groups (broad SMARTS) is 1. The molecule has 0 fully saturated rings. The minimum atomic E-state index is -1.01. The van der Waals surface area contributed by atoms with E-state index in [1.165, 1.54) is 0 Å². The van der Waals surface area contributed by atoms with Crippen LogP contribution in [-0.2, 0) is 0 Å². The van der Waals surface area contributed by atoms with Crippen LogP contribution >= 0.6 is 0 Å². The van der Waals surface area contributed by atoms with Crippen molar-refractivity contribution in [2.75, 3.05) is 0 Å². The number of amides is 1. The Morgan fingerprint density at radius 2 is 2.31 bits per heavy atom. The highest BCUT2D eigenvalue weighted by Gasteiger charge is 2.17. The second-order valence-electron chi connectivity index (χ2n) is 3.35. The Kier molecular flexibility index (Phi) is 3.76. The summed E-state index contributed by atoms with van der Waals surface area (Å²) in [6, 6.07) is -0.314. The van der Waals surface area contributed by atoms with Gasteiger partial charge in [0.25, 0.3) is 0 Å². The summed E-state index contributed by atoms with van der Waals surface area (Å²) in [7, 11) is 0. The number of allylic oxidation sites excluding steroid dienone is 1. The van der Waals surface area contributed by atoms with Crippen LogP contribution in [0.2, 0.25) is 0 Å². The van der Waals surface area contributed by atoms with Crippen molar-refractivity contribution in [1.82, 2.24) is 5.32 Å². The van der Waals surface area contributed by atoms with Gasteiger partial charge >= 0.3 is 6.09 Å². The molecule has 4 heteroatoms. The largest absolute Gasteiger partial charge is 0.465 e. The predicted molar refractivity (Wildman–Crippen MR) is 50.5 cm³/mol. The van der Waals surface area contributed by atoms with Crippen molar-refractivity contribution in [3.63, 3.8) is 0 Å². The number of hydrogen-bond acceptors (Lipinski definition) is 2. The number of rotatable bonds is 1. The van der Waals surface area contributed by atoms with Crippen LogP contribution in [0.1, 0.15) is 25.7 Å². The fourth-order valence-corrected chi connectivity index (χ4v) is 1.51. The van der Waals surface area contributed by atoms with E-state index < -0.39 is 6.09 Å². The molecule has 0 radical (unpaired) electrons. The van der Waals surface area contributed by atoms with E-state index in [1.807, 2.05) is 12.2 Å². The predicted octanol–water partition coefficient (Wildman–Crippen LogP) is 1.08. The molecule has 0 aliphatic heterocycles. The molecule has 0 saturated carbocycles. The van der Waals surface area contributed by atoms with Crippen LogP contribution in [0.5, 0.6) is 0 Å². The Hall–Kier alpha value is -1.03. The van der Waals surface area contributed by atoms with Crippen molar-refractivity contribution < 1.29 is 9.90 Å². The summed E-state index contributed by atoms with van der Waals surface area (Å²) in [4.78, 5) is 10.4. The van der Waals surface area contributed by atoms with Gasteiger partial charge in [-0.05, 0) is 19.3 Å². The molecule has 0 spiro atoms. The molecule has 0 aromatic rings. The number of carbonyl (C=O) groups is 1. The van der Waals surface area contributed by atoms with E-state index >= 15 is 0 Å². The molecule has 13 heavy (non-hydrogen) atoms. The molecule has 1 aliphatic rings. The first kappa shape index (κ1) is 10.1. The summed E-state index contributed by atoms with van der Waals surface area (Å²) in [5.74, 6) is 0. The lowest BCUT2D eigenvalue weighted by molar-refractivity contribution is 0.190. The first-order valence-electron chi connectivity index (χ1n) is 4.62. The fraction of sp³-hybridized carbons (Fsp3) is 0.667. The first-order chi connectivity index (χ1) is 6.20. The van der Waals surface area contributed by atoms with Gasteiger partial charge in [-0.15, -0.1) is 0 Å².